The molecule has 0 aliphatic carbocycles. The van der Waals surface area contributed by atoms with E-state index < -0.39 is 42.1 Å². The van der Waals surface area contributed by atoms with Gasteiger partial charge in [-0.15, -0.1) is 0 Å². The number of halogens is 3. The molecule has 2 atom stereocenters. The minimum Gasteiger partial charge on any atom is -0.480 e. The van der Waals surface area contributed by atoms with Gasteiger partial charge in [0.2, 0.25) is 11.8 Å². The minimum atomic E-state index is -4.48. The fraction of sp³-hybridized carbons (Fsp3) is 0.400. The van der Waals surface area contributed by atoms with Crippen LogP contribution < -0.4 is 5.32 Å². The van der Waals surface area contributed by atoms with Crippen LogP contribution in [0.4, 0.5) is 13.2 Å². The Balaban J connectivity index is 2.25. The summed E-state index contributed by atoms with van der Waals surface area (Å²) in [6.07, 6.45) is -4.61. The summed E-state index contributed by atoms with van der Waals surface area (Å²) in [5.41, 5.74) is -0.447. The molecule has 0 saturated carbocycles. The molecule has 1 heterocycles. The molecule has 0 aromatic heterocycles. The van der Waals surface area contributed by atoms with E-state index in [-0.39, 0.29) is 12.3 Å². The SMILES string of the molecule is CN1C(=O)C[C@@H](C(=O)NCC(=O)O)[C@H]1c1ccc(C(F)(F)F)cc1. The van der Waals surface area contributed by atoms with Crippen LogP contribution in [0, 0.1) is 5.92 Å². The molecule has 0 unspecified atom stereocenters. The van der Waals surface area contributed by atoms with Crippen molar-refractivity contribution in [1.82, 2.24) is 10.2 Å². The summed E-state index contributed by atoms with van der Waals surface area (Å²) < 4.78 is 37.9. The highest BCUT2D eigenvalue weighted by atomic mass is 19.4. The first-order valence-corrected chi connectivity index (χ1v) is 7.03. The molecule has 1 aliphatic rings. The van der Waals surface area contributed by atoms with Crippen LogP contribution in [0.15, 0.2) is 24.3 Å². The number of hydrogen-bond acceptors (Lipinski definition) is 3. The van der Waals surface area contributed by atoms with E-state index in [0.717, 1.165) is 12.1 Å². The first kappa shape index (κ1) is 17.8. The zero-order valence-corrected chi connectivity index (χ0v) is 12.6. The third-order valence-corrected chi connectivity index (χ3v) is 3.92. The second kappa shape index (κ2) is 6.50. The Bertz CT molecular complexity index is 658. The highest BCUT2D eigenvalue weighted by Crippen LogP contribution is 2.38. The van der Waals surface area contributed by atoms with Crippen molar-refractivity contribution in [3.8, 4) is 0 Å². The van der Waals surface area contributed by atoms with E-state index in [0.29, 0.717) is 5.56 Å². The number of nitrogens with one attached hydrogen (secondary N) is 1. The summed E-state index contributed by atoms with van der Waals surface area (Å²) in [6.45, 7) is -0.590. The molecule has 9 heteroatoms. The number of nitrogens with zero attached hydrogens (tertiary/aromatic N) is 1. The fourth-order valence-electron chi connectivity index (χ4n) is 2.72. The van der Waals surface area contributed by atoms with Crippen LogP contribution >= 0.6 is 0 Å². The summed E-state index contributed by atoms with van der Waals surface area (Å²) >= 11 is 0. The van der Waals surface area contributed by atoms with Gasteiger partial charge >= 0.3 is 12.1 Å². The standard InChI is InChI=1S/C15H15F3N2O4/c1-20-11(21)6-10(14(24)19-7-12(22)23)13(20)8-2-4-9(5-3-8)15(16,17)18/h2-5,10,13H,6-7H2,1H3,(H,19,24)(H,22,23)/t10-,13-/m1/s1. The smallest absolute Gasteiger partial charge is 0.416 e. The van der Waals surface area contributed by atoms with Gasteiger partial charge in [-0.1, -0.05) is 12.1 Å². The van der Waals surface area contributed by atoms with Crippen molar-refractivity contribution < 1.29 is 32.7 Å². The Morgan fingerprint density at radius 3 is 2.38 bits per heavy atom. The molecule has 2 N–H and O–H groups in total. The monoisotopic (exact) mass is 344 g/mol. The quantitative estimate of drug-likeness (QED) is 0.865. The number of likely N-dealkylation sites (tertiary alicyclic amines) is 1. The van der Waals surface area contributed by atoms with Gasteiger partial charge in [-0.3, -0.25) is 14.4 Å². The molecular formula is C15H15F3N2O4. The lowest BCUT2D eigenvalue weighted by Gasteiger charge is -2.25. The lowest BCUT2D eigenvalue weighted by atomic mass is 9.92. The number of aliphatic carboxylic acids is 1. The first-order valence-electron chi connectivity index (χ1n) is 7.03. The number of carbonyl (C=O) groups excluding carboxylic acids is 2. The topological polar surface area (TPSA) is 86.7 Å². The van der Waals surface area contributed by atoms with Crippen molar-refractivity contribution in [1.29, 1.82) is 0 Å². The van der Waals surface area contributed by atoms with E-state index in [1.807, 2.05) is 0 Å². The minimum absolute atomic E-state index is 0.131. The van der Waals surface area contributed by atoms with Crippen molar-refractivity contribution >= 4 is 17.8 Å². The zero-order valence-electron chi connectivity index (χ0n) is 12.6. The molecule has 2 amide bonds. The Morgan fingerprint density at radius 2 is 1.88 bits per heavy atom. The predicted octanol–water partition coefficient (Wildman–Crippen LogP) is 1.43. The van der Waals surface area contributed by atoms with Crippen LogP contribution in [0.5, 0.6) is 0 Å². The summed E-state index contributed by atoms with van der Waals surface area (Å²) in [5, 5.41) is 10.8. The third kappa shape index (κ3) is 3.66. The summed E-state index contributed by atoms with van der Waals surface area (Å²) in [7, 11) is 1.45. The van der Waals surface area contributed by atoms with Crippen molar-refractivity contribution in [2.24, 2.45) is 5.92 Å². The molecule has 0 bridgehead atoms. The molecule has 2 rings (SSSR count). The van der Waals surface area contributed by atoms with Gasteiger partial charge in [-0.25, -0.2) is 0 Å². The van der Waals surface area contributed by atoms with Gasteiger partial charge in [0.25, 0.3) is 0 Å². The van der Waals surface area contributed by atoms with Crippen LogP contribution in [0.1, 0.15) is 23.6 Å². The molecule has 0 spiro atoms. The number of rotatable bonds is 4. The molecule has 6 nitrogen and oxygen atoms in total. The average molecular weight is 344 g/mol. The Kier molecular flexibility index (Phi) is 4.81. The zero-order chi connectivity index (χ0) is 18.1. The maximum absolute atomic E-state index is 12.6. The van der Waals surface area contributed by atoms with E-state index in [1.165, 1.54) is 24.1 Å². The lowest BCUT2D eigenvalue weighted by molar-refractivity contribution is -0.138. The normalized spacial score (nSPS) is 21.0. The fourth-order valence-corrected chi connectivity index (χ4v) is 2.72. The van der Waals surface area contributed by atoms with Gasteiger partial charge in [-0.05, 0) is 17.7 Å². The Hall–Kier alpha value is -2.58. The molecule has 24 heavy (non-hydrogen) atoms. The van der Waals surface area contributed by atoms with Crippen molar-refractivity contribution in [3.05, 3.63) is 35.4 Å². The summed E-state index contributed by atoms with van der Waals surface area (Å²) in [5.74, 6) is -3.05. The highest BCUT2D eigenvalue weighted by molar-refractivity contribution is 5.91. The lowest BCUT2D eigenvalue weighted by Crippen LogP contribution is -2.37. The van der Waals surface area contributed by atoms with Crippen molar-refractivity contribution in [3.63, 3.8) is 0 Å². The van der Waals surface area contributed by atoms with Crippen molar-refractivity contribution in [2.45, 2.75) is 18.6 Å². The molecule has 1 aliphatic heterocycles. The molecule has 1 saturated heterocycles. The van der Waals surface area contributed by atoms with Crippen LogP contribution in [-0.2, 0) is 20.6 Å². The second-order valence-corrected chi connectivity index (χ2v) is 5.49. The third-order valence-electron chi connectivity index (χ3n) is 3.92. The van der Waals surface area contributed by atoms with E-state index in [1.54, 1.807) is 0 Å². The van der Waals surface area contributed by atoms with Gasteiger partial charge in [0.05, 0.1) is 17.5 Å². The molecule has 130 valence electrons. The summed E-state index contributed by atoms with van der Waals surface area (Å²) in [4.78, 5) is 35.8. The number of benzene rings is 1. The molecule has 1 fully saturated rings. The average Bonchev–Trinajstić information content (AvgIpc) is 2.80. The van der Waals surface area contributed by atoms with Crippen LogP contribution in [0.25, 0.3) is 0 Å². The van der Waals surface area contributed by atoms with Gasteiger partial charge < -0.3 is 15.3 Å². The molecule has 0 radical (unpaired) electrons. The van der Waals surface area contributed by atoms with E-state index >= 15 is 0 Å². The number of carboxylic acid groups (broad SMARTS) is 1. The number of carbonyl (C=O) groups is 3. The van der Waals surface area contributed by atoms with Crippen molar-refractivity contribution in [2.75, 3.05) is 13.6 Å². The highest BCUT2D eigenvalue weighted by Gasteiger charge is 2.43. The summed E-state index contributed by atoms with van der Waals surface area (Å²) in [6, 6.07) is 3.48. The molecule has 1 aromatic rings. The molecule has 1 aromatic carbocycles. The first-order chi connectivity index (χ1) is 11.1. The Morgan fingerprint density at radius 1 is 1.29 bits per heavy atom. The maximum atomic E-state index is 12.6. The largest absolute Gasteiger partial charge is 0.480 e. The van der Waals surface area contributed by atoms with E-state index in [9.17, 15) is 27.6 Å². The van der Waals surface area contributed by atoms with Crippen LogP contribution in [0.3, 0.4) is 0 Å². The number of hydrogen-bond donors (Lipinski definition) is 2. The van der Waals surface area contributed by atoms with Gasteiger partial charge in [-0.2, -0.15) is 13.2 Å². The predicted molar refractivity (Wildman–Crippen MR) is 75.7 cm³/mol. The molecular weight excluding hydrogens is 329 g/mol. The van der Waals surface area contributed by atoms with Gasteiger partial charge in [0, 0.05) is 13.5 Å². The second-order valence-electron chi connectivity index (χ2n) is 5.49. The maximum Gasteiger partial charge on any atom is 0.416 e. The number of alkyl halides is 3. The van der Waals surface area contributed by atoms with E-state index in [4.69, 9.17) is 5.11 Å². The van der Waals surface area contributed by atoms with Gasteiger partial charge in [0.1, 0.15) is 6.54 Å². The van der Waals surface area contributed by atoms with E-state index in [2.05, 4.69) is 5.32 Å². The Labute approximate surface area is 135 Å². The van der Waals surface area contributed by atoms with Gasteiger partial charge in [0.15, 0.2) is 0 Å². The number of carboxylic acids is 1. The number of amides is 2. The van der Waals surface area contributed by atoms with Crippen LogP contribution in [0.2, 0.25) is 0 Å². The van der Waals surface area contributed by atoms with Crippen LogP contribution in [-0.4, -0.2) is 41.4 Å².